The molecule has 3 rings (SSSR count). The second-order valence-electron chi connectivity index (χ2n) is 4.59. The van der Waals surface area contributed by atoms with Crippen molar-refractivity contribution in [2.24, 2.45) is 0 Å². The van der Waals surface area contributed by atoms with E-state index in [1.54, 1.807) is 0 Å². The molecular weight excluding hydrogens is 304 g/mol. The Morgan fingerprint density at radius 1 is 1.24 bits per heavy atom. The van der Waals surface area contributed by atoms with Gasteiger partial charge in [0.25, 0.3) is 5.22 Å². The zero-order chi connectivity index (χ0) is 14.7. The zero-order valence-electron chi connectivity index (χ0n) is 11.6. The number of oxazole rings is 1. The predicted octanol–water partition coefficient (Wildman–Crippen LogP) is 4.74. The summed E-state index contributed by atoms with van der Waals surface area (Å²) < 4.78 is 5.70. The van der Waals surface area contributed by atoms with E-state index in [-0.39, 0.29) is 0 Å². The Hall–Kier alpha value is -1.49. The highest BCUT2D eigenvalue weighted by Gasteiger charge is 2.10. The van der Waals surface area contributed by atoms with Gasteiger partial charge in [0.1, 0.15) is 5.52 Å². The third kappa shape index (κ3) is 3.40. The lowest BCUT2D eigenvalue weighted by Crippen LogP contribution is -2.11. The van der Waals surface area contributed by atoms with Gasteiger partial charge in [-0.1, -0.05) is 36.7 Å². The fraction of sp³-hybridized carbons (Fsp3) is 0.188. The van der Waals surface area contributed by atoms with Crippen LogP contribution in [0.4, 0.5) is 0 Å². The molecule has 5 heteroatoms. The highest BCUT2D eigenvalue weighted by molar-refractivity contribution is 7.99. The summed E-state index contributed by atoms with van der Waals surface area (Å²) in [7, 11) is 0. The molecule has 3 aromatic rings. The van der Waals surface area contributed by atoms with Crippen molar-refractivity contribution >= 4 is 34.5 Å². The van der Waals surface area contributed by atoms with Crippen molar-refractivity contribution in [3.8, 4) is 0 Å². The van der Waals surface area contributed by atoms with Crippen LogP contribution >= 0.6 is 23.4 Å². The Balaban J connectivity index is 1.80. The molecule has 3 nitrogen and oxygen atoms in total. The topological polar surface area (TPSA) is 38.1 Å². The van der Waals surface area contributed by atoms with Gasteiger partial charge < -0.3 is 9.73 Å². The summed E-state index contributed by atoms with van der Waals surface area (Å²) in [5, 5.41) is 4.61. The first-order valence-corrected chi connectivity index (χ1v) is 7.98. The van der Waals surface area contributed by atoms with Gasteiger partial charge in [0.2, 0.25) is 0 Å². The van der Waals surface area contributed by atoms with Crippen LogP contribution in [0.5, 0.6) is 0 Å². The number of fused-ring (bicyclic) bond motifs is 1. The summed E-state index contributed by atoms with van der Waals surface area (Å²) in [4.78, 5) is 5.39. The van der Waals surface area contributed by atoms with Crippen LogP contribution in [0.15, 0.2) is 57.0 Å². The second kappa shape index (κ2) is 6.52. The number of halogens is 1. The molecule has 1 heterocycles. The summed E-state index contributed by atoms with van der Waals surface area (Å²) in [6, 6.07) is 13.8. The van der Waals surface area contributed by atoms with Gasteiger partial charge in [0.05, 0.1) is 5.02 Å². The lowest BCUT2D eigenvalue weighted by atomic mass is 10.2. The molecule has 0 radical (unpaired) electrons. The van der Waals surface area contributed by atoms with Crippen LogP contribution in [0.1, 0.15) is 12.5 Å². The van der Waals surface area contributed by atoms with E-state index in [2.05, 4.69) is 23.3 Å². The van der Waals surface area contributed by atoms with E-state index in [9.17, 15) is 0 Å². The van der Waals surface area contributed by atoms with Crippen molar-refractivity contribution < 1.29 is 4.42 Å². The Morgan fingerprint density at radius 2 is 2.10 bits per heavy atom. The minimum absolute atomic E-state index is 0.609. The number of para-hydroxylation sites is 2. The number of aromatic nitrogens is 1. The Bertz CT molecular complexity index is 724. The zero-order valence-corrected chi connectivity index (χ0v) is 13.2. The van der Waals surface area contributed by atoms with Crippen LogP contribution in [-0.4, -0.2) is 11.5 Å². The molecule has 21 heavy (non-hydrogen) atoms. The highest BCUT2D eigenvalue weighted by atomic mass is 35.5. The summed E-state index contributed by atoms with van der Waals surface area (Å²) in [6.45, 7) is 3.85. The molecule has 0 unspecified atom stereocenters. The van der Waals surface area contributed by atoms with Crippen molar-refractivity contribution in [3.63, 3.8) is 0 Å². The van der Waals surface area contributed by atoms with E-state index in [1.165, 1.54) is 17.3 Å². The summed E-state index contributed by atoms with van der Waals surface area (Å²) >= 11 is 7.78. The Morgan fingerprint density at radius 3 is 2.86 bits per heavy atom. The number of nitrogens with one attached hydrogen (secondary N) is 1. The molecule has 1 aromatic heterocycles. The summed E-state index contributed by atoms with van der Waals surface area (Å²) in [6.07, 6.45) is 0. The quantitative estimate of drug-likeness (QED) is 0.737. The van der Waals surface area contributed by atoms with Gasteiger partial charge in [0.15, 0.2) is 5.58 Å². The first-order chi connectivity index (χ1) is 10.3. The van der Waals surface area contributed by atoms with Gasteiger partial charge in [0, 0.05) is 11.4 Å². The second-order valence-corrected chi connectivity index (χ2v) is 6.00. The average molecular weight is 319 g/mol. The predicted molar refractivity (Wildman–Crippen MR) is 87.0 cm³/mol. The number of rotatable bonds is 5. The van der Waals surface area contributed by atoms with Crippen LogP contribution in [-0.2, 0) is 6.54 Å². The van der Waals surface area contributed by atoms with Crippen LogP contribution in [0.3, 0.4) is 0 Å². The minimum Gasteiger partial charge on any atom is -0.431 e. The fourth-order valence-electron chi connectivity index (χ4n) is 2.00. The van der Waals surface area contributed by atoms with Crippen molar-refractivity contribution in [3.05, 3.63) is 53.1 Å². The van der Waals surface area contributed by atoms with Crippen LogP contribution in [0, 0.1) is 0 Å². The molecule has 0 aliphatic heterocycles. The maximum atomic E-state index is 6.34. The molecule has 0 saturated carbocycles. The summed E-state index contributed by atoms with van der Waals surface area (Å²) in [5.74, 6) is 0. The minimum atomic E-state index is 0.609. The normalized spacial score (nSPS) is 11.1. The molecule has 0 aliphatic carbocycles. The average Bonchev–Trinajstić information content (AvgIpc) is 2.90. The summed E-state index contributed by atoms with van der Waals surface area (Å²) in [5.41, 5.74) is 2.82. The molecule has 0 fully saturated rings. The van der Waals surface area contributed by atoms with Crippen molar-refractivity contribution in [1.82, 2.24) is 10.3 Å². The largest absolute Gasteiger partial charge is 0.431 e. The van der Waals surface area contributed by atoms with Gasteiger partial charge in [-0.2, -0.15) is 0 Å². The smallest absolute Gasteiger partial charge is 0.261 e. The van der Waals surface area contributed by atoms with E-state index in [0.717, 1.165) is 34.1 Å². The lowest BCUT2D eigenvalue weighted by molar-refractivity contribution is 0.489. The first-order valence-electron chi connectivity index (χ1n) is 6.79. The van der Waals surface area contributed by atoms with Gasteiger partial charge in [-0.05, 0) is 48.1 Å². The van der Waals surface area contributed by atoms with Crippen molar-refractivity contribution in [1.29, 1.82) is 0 Å². The van der Waals surface area contributed by atoms with E-state index >= 15 is 0 Å². The third-order valence-electron chi connectivity index (χ3n) is 3.05. The van der Waals surface area contributed by atoms with E-state index in [4.69, 9.17) is 16.0 Å². The first kappa shape index (κ1) is 14.4. The molecule has 2 aromatic carbocycles. The molecule has 0 saturated heterocycles. The Labute approximate surface area is 132 Å². The SMILES string of the molecule is CCNCc1ccc(Sc2nc3ccccc3o2)c(Cl)c1. The number of hydrogen-bond acceptors (Lipinski definition) is 4. The molecule has 0 spiro atoms. The molecule has 0 atom stereocenters. The van der Waals surface area contributed by atoms with E-state index in [1.807, 2.05) is 36.4 Å². The van der Waals surface area contributed by atoms with Crippen LogP contribution < -0.4 is 5.32 Å². The molecule has 0 amide bonds. The van der Waals surface area contributed by atoms with Crippen LogP contribution in [0.2, 0.25) is 5.02 Å². The molecule has 108 valence electrons. The highest BCUT2D eigenvalue weighted by Crippen LogP contribution is 2.34. The van der Waals surface area contributed by atoms with E-state index < -0.39 is 0 Å². The molecule has 0 aliphatic rings. The van der Waals surface area contributed by atoms with Gasteiger partial charge in [-0.25, -0.2) is 4.98 Å². The standard InChI is InChI=1S/C16H15ClN2OS/c1-2-18-10-11-7-8-15(12(17)9-11)21-16-19-13-5-3-4-6-14(13)20-16/h3-9,18H,2,10H2,1H3. The molecule has 1 N–H and O–H groups in total. The van der Waals surface area contributed by atoms with Gasteiger partial charge in [-0.3, -0.25) is 0 Å². The number of hydrogen-bond donors (Lipinski definition) is 1. The van der Waals surface area contributed by atoms with Gasteiger partial charge in [-0.15, -0.1) is 0 Å². The monoisotopic (exact) mass is 318 g/mol. The Kier molecular flexibility index (Phi) is 4.48. The lowest BCUT2D eigenvalue weighted by Gasteiger charge is -2.05. The van der Waals surface area contributed by atoms with Crippen LogP contribution in [0.25, 0.3) is 11.1 Å². The molecular formula is C16H15ClN2OS. The molecule has 0 bridgehead atoms. The number of benzene rings is 2. The fourth-order valence-corrected chi connectivity index (χ4v) is 3.07. The number of nitrogens with zero attached hydrogens (tertiary/aromatic N) is 1. The van der Waals surface area contributed by atoms with Crippen molar-refractivity contribution in [2.75, 3.05) is 6.54 Å². The maximum Gasteiger partial charge on any atom is 0.261 e. The maximum absolute atomic E-state index is 6.34. The van der Waals surface area contributed by atoms with Gasteiger partial charge >= 0.3 is 0 Å². The van der Waals surface area contributed by atoms with E-state index in [0.29, 0.717) is 5.22 Å². The third-order valence-corrected chi connectivity index (χ3v) is 4.40. The van der Waals surface area contributed by atoms with Crippen molar-refractivity contribution in [2.45, 2.75) is 23.6 Å².